The van der Waals surface area contributed by atoms with E-state index in [4.69, 9.17) is 32.4 Å². The number of amides is 1. The van der Waals surface area contributed by atoms with E-state index in [1.165, 1.54) is 19.5 Å². The molecule has 0 saturated heterocycles. The van der Waals surface area contributed by atoms with Crippen LogP contribution >= 0.6 is 23.2 Å². The number of methoxy groups -OCH3 is 1. The Hall–Kier alpha value is -2.31. The highest BCUT2D eigenvalue weighted by Gasteiger charge is 2.20. The molecule has 0 atom stereocenters. The molecule has 1 N–H and O–H groups in total. The van der Waals surface area contributed by atoms with E-state index >= 15 is 0 Å². The SMILES string of the molecule is CCc1nc2c(OC)c(C(=O)Nc3c(Cl)cncc3Cl)ccc2o1. The van der Waals surface area contributed by atoms with Crippen LogP contribution in [0.1, 0.15) is 23.2 Å². The van der Waals surface area contributed by atoms with Crippen LogP contribution in [0, 0.1) is 0 Å². The lowest BCUT2D eigenvalue weighted by atomic mass is 10.1. The fourth-order valence-electron chi connectivity index (χ4n) is 2.26. The molecule has 1 amide bonds. The van der Waals surface area contributed by atoms with Gasteiger partial charge in [-0.2, -0.15) is 0 Å². The quantitative estimate of drug-likeness (QED) is 0.743. The Kier molecular flexibility index (Phi) is 4.59. The largest absolute Gasteiger partial charge is 0.493 e. The lowest BCUT2D eigenvalue weighted by Crippen LogP contribution is -2.14. The normalized spacial score (nSPS) is 10.8. The zero-order valence-corrected chi connectivity index (χ0v) is 14.4. The third-order valence-electron chi connectivity index (χ3n) is 3.40. The summed E-state index contributed by atoms with van der Waals surface area (Å²) in [5, 5.41) is 3.16. The summed E-state index contributed by atoms with van der Waals surface area (Å²) in [6, 6.07) is 3.28. The molecule has 2 aromatic heterocycles. The zero-order valence-electron chi connectivity index (χ0n) is 12.9. The molecule has 124 valence electrons. The van der Waals surface area contributed by atoms with E-state index in [9.17, 15) is 4.79 Å². The smallest absolute Gasteiger partial charge is 0.259 e. The molecule has 0 bridgehead atoms. The number of oxazole rings is 1. The van der Waals surface area contributed by atoms with E-state index in [0.29, 0.717) is 34.7 Å². The van der Waals surface area contributed by atoms with Crippen molar-refractivity contribution in [2.24, 2.45) is 0 Å². The molecule has 3 rings (SSSR count). The third kappa shape index (κ3) is 2.90. The van der Waals surface area contributed by atoms with Crippen LogP contribution in [0.3, 0.4) is 0 Å². The van der Waals surface area contributed by atoms with E-state index < -0.39 is 5.91 Å². The maximum absolute atomic E-state index is 12.6. The summed E-state index contributed by atoms with van der Waals surface area (Å²) in [4.78, 5) is 20.8. The third-order valence-corrected chi connectivity index (χ3v) is 3.98. The van der Waals surface area contributed by atoms with Gasteiger partial charge in [0, 0.05) is 18.8 Å². The molecule has 3 aromatic rings. The van der Waals surface area contributed by atoms with Crippen molar-refractivity contribution in [3.63, 3.8) is 0 Å². The Labute approximate surface area is 147 Å². The summed E-state index contributed by atoms with van der Waals surface area (Å²) in [5.41, 5.74) is 1.63. The Balaban J connectivity index is 2.03. The van der Waals surface area contributed by atoms with Crippen molar-refractivity contribution in [3.05, 3.63) is 46.0 Å². The topological polar surface area (TPSA) is 77.2 Å². The summed E-state index contributed by atoms with van der Waals surface area (Å²) in [6.45, 7) is 1.93. The first-order chi connectivity index (χ1) is 11.5. The maximum atomic E-state index is 12.6. The van der Waals surface area contributed by atoms with E-state index in [0.717, 1.165) is 0 Å². The maximum Gasteiger partial charge on any atom is 0.259 e. The van der Waals surface area contributed by atoms with Crippen LogP contribution in [-0.2, 0) is 6.42 Å². The highest BCUT2D eigenvalue weighted by atomic mass is 35.5. The summed E-state index contributed by atoms with van der Waals surface area (Å²) in [5.74, 6) is 0.473. The number of ether oxygens (including phenoxy) is 1. The van der Waals surface area contributed by atoms with Crippen molar-refractivity contribution in [2.45, 2.75) is 13.3 Å². The molecule has 2 heterocycles. The lowest BCUT2D eigenvalue weighted by Gasteiger charge is -2.11. The van der Waals surface area contributed by atoms with E-state index in [2.05, 4.69) is 15.3 Å². The van der Waals surface area contributed by atoms with E-state index in [1.54, 1.807) is 12.1 Å². The van der Waals surface area contributed by atoms with Crippen LogP contribution in [0.5, 0.6) is 5.75 Å². The minimum absolute atomic E-state index is 0.241. The first-order valence-corrected chi connectivity index (χ1v) is 7.87. The fraction of sp³-hybridized carbons (Fsp3) is 0.188. The van der Waals surface area contributed by atoms with Crippen molar-refractivity contribution >= 4 is 45.9 Å². The average Bonchev–Trinajstić information content (AvgIpc) is 3.00. The van der Waals surface area contributed by atoms with Crippen LogP contribution < -0.4 is 10.1 Å². The molecule has 8 heteroatoms. The standard InChI is InChI=1S/C16H13Cl2N3O3/c1-3-12-20-14-11(24-12)5-4-8(15(14)23-2)16(22)21-13-9(17)6-19-7-10(13)18/h4-7H,3H2,1-2H3,(H,19,21,22). The van der Waals surface area contributed by atoms with Gasteiger partial charge in [-0.15, -0.1) is 0 Å². The molecule has 0 saturated carbocycles. The number of fused-ring (bicyclic) bond motifs is 1. The van der Waals surface area contributed by atoms with Gasteiger partial charge in [-0.25, -0.2) is 4.98 Å². The molecule has 24 heavy (non-hydrogen) atoms. The van der Waals surface area contributed by atoms with Crippen LogP contribution in [-0.4, -0.2) is 23.0 Å². The van der Waals surface area contributed by atoms with Crippen LogP contribution in [0.25, 0.3) is 11.1 Å². The number of halogens is 2. The van der Waals surface area contributed by atoms with Crippen molar-refractivity contribution in [2.75, 3.05) is 12.4 Å². The van der Waals surface area contributed by atoms with Gasteiger partial charge in [0.25, 0.3) is 5.91 Å². The number of anilines is 1. The van der Waals surface area contributed by atoms with Crippen LogP contribution in [0.2, 0.25) is 10.0 Å². The summed E-state index contributed by atoms with van der Waals surface area (Å²) in [6.07, 6.45) is 3.44. The minimum Gasteiger partial charge on any atom is -0.493 e. The molecule has 0 aliphatic rings. The Morgan fingerprint density at radius 1 is 1.29 bits per heavy atom. The van der Waals surface area contributed by atoms with Crippen molar-refractivity contribution in [1.82, 2.24) is 9.97 Å². The number of carbonyl (C=O) groups excluding carboxylic acids is 1. The summed E-state index contributed by atoms with van der Waals surface area (Å²) < 4.78 is 11.0. The van der Waals surface area contributed by atoms with Crippen molar-refractivity contribution < 1.29 is 13.9 Å². The van der Waals surface area contributed by atoms with Gasteiger partial charge in [0.1, 0.15) is 0 Å². The predicted molar refractivity (Wildman–Crippen MR) is 92.1 cm³/mol. The number of hydrogen-bond acceptors (Lipinski definition) is 5. The van der Waals surface area contributed by atoms with Gasteiger partial charge in [-0.3, -0.25) is 9.78 Å². The molecule has 1 aromatic carbocycles. The second-order valence-electron chi connectivity index (χ2n) is 4.89. The number of carbonyl (C=O) groups is 1. The molecule has 0 spiro atoms. The molecular formula is C16H13Cl2N3O3. The molecule has 0 aliphatic heterocycles. The Bertz CT molecular complexity index is 904. The second kappa shape index (κ2) is 6.67. The highest BCUT2D eigenvalue weighted by molar-refractivity contribution is 6.39. The van der Waals surface area contributed by atoms with Gasteiger partial charge in [0.15, 0.2) is 22.7 Å². The number of pyridine rings is 1. The molecule has 0 unspecified atom stereocenters. The zero-order chi connectivity index (χ0) is 17.3. The lowest BCUT2D eigenvalue weighted by molar-refractivity contribution is 0.102. The average molecular weight is 366 g/mol. The molecule has 0 radical (unpaired) electrons. The number of aryl methyl sites for hydroxylation is 1. The summed E-state index contributed by atoms with van der Waals surface area (Å²) >= 11 is 12.1. The number of rotatable bonds is 4. The Morgan fingerprint density at radius 2 is 2.00 bits per heavy atom. The molecular weight excluding hydrogens is 353 g/mol. The number of aromatic nitrogens is 2. The fourth-order valence-corrected chi connectivity index (χ4v) is 2.72. The minimum atomic E-state index is -0.426. The van der Waals surface area contributed by atoms with Gasteiger partial charge in [0.05, 0.1) is 28.4 Å². The van der Waals surface area contributed by atoms with Crippen molar-refractivity contribution in [1.29, 1.82) is 0 Å². The van der Waals surface area contributed by atoms with Crippen molar-refractivity contribution in [3.8, 4) is 5.75 Å². The molecule has 6 nitrogen and oxygen atoms in total. The highest BCUT2D eigenvalue weighted by Crippen LogP contribution is 2.33. The number of hydrogen-bond donors (Lipinski definition) is 1. The number of benzene rings is 1. The van der Waals surface area contributed by atoms with Crippen LogP contribution in [0.15, 0.2) is 28.9 Å². The second-order valence-corrected chi connectivity index (χ2v) is 5.70. The monoisotopic (exact) mass is 365 g/mol. The van der Waals surface area contributed by atoms with Gasteiger partial charge >= 0.3 is 0 Å². The van der Waals surface area contributed by atoms with Gasteiger partial charge < -0.3 is 14.5 Å². The van der Waals surface area contributed by atoms with Gasteiger partial charge in [-0.05, 0) is 12.1 Å². The number of nitrogens with zero attached hydrogens (tertiary/aromatic N) is 2. The summed E-state index contributed by atoms with van der Waals surface area (Å²) in [7, 11) is 1.47. The number of nitrogens with one attached hydrogen (secondary N) is 1. The van der Waals surface area contributed by atoms with E-state index in [1.807, 2.05) is 6.92 Å². The van der Waals surface area contributed by atoms with E-state index in [-0.39, 0.29) is 15.7 Å². The Morgan fingerprint density at radius 3 is 2.62 bits per heavy atom. The predicted octanol–water partition coefficient (Wildman–Crippen LogP) is 4.35. The first-order valence-electron chi connectivity index (χ1n) is 7.12. The van der Waals surface area contributed by atoms with Crippen LogP contribution in [0.4, 0.5) is 5.69 Å². The van der Waals surface area contributed by atoms with Gasteiger partial charge in [-0.1, -0.05) is 30.1 Å². The first kappa shape index (κ1) is 16.5. The van der Waals surface area contributed by atoms with Gasteiger partial charge in [0.2, 0.25) is 0 Å². The molecule has 0 aliphatic carbocycles. The molecule has 0 fully saturated rings.